The molecule has 2 N–H and O–H groups in total. The highest BCUT2D eigenvalue weighted by Gasteiger charge is 2.37. The van der Waals surface area contributed by atoms with Crippen LogP contribution in [0.5, 0.6) is 0 Å². The van der Waals surface area contributed by atoms with Crippen molar-refractivity contribution in [1.82, 2.24) is 14.5 Å². The molecule has 1 aromatic heterocycles. The van der Waals surface area contributed by atoms with E-state index in [1.54, 1.807) is 24.1 Å². The molecule has 0 saturated heterocycles. The summed E-state index contributed by atoms with van der Waals surface area (Å²) in [7, 11) is -1.85. The van der Waals surface area contributed by atoms with Crippen LogP contribution in [0.25, 0.3) is 0 Å². The number of sulfonamides is 1. The Bertz CT molecular complexity index is 798. The van der Waals surface area contributed by atoms with Crippen LogP contribution in [0.3, 0.4) is 0 Å². The molecule has 1 saturated carbocycles. The Morgan fingerprint density at radius 1 is 1.38 bits per heavy atom. The van der Waals surface area contributed by atoms with Crippen LogP contribution < -0.4 is 4.72 Å². The van der Waals surface area contributed by atoms with E-state index in [0.717, 1.165) is 5.56 Å². The molecular weight excluding hydrogens is 333 g/mol. The van der Waals surface area contributed by atoms with Gasteiger partial charge in [0.25, 0.3) is 0 Å². The Balaban J connectivity index is 1.77. The van der Waals surface area contributed by atoms with Crippen LogP contribution in [0.15, 0.2) is 36.7 Å². The molecule has 1 fully saturated rings. The van der Waals surface area contributed by atoms with Crippen molar-refractivity contribution < 1.29 is 17.9 Å². The van der Waals surface area contributed by atoms with Gasteiger partial charge in [-0.05, 0) is 36.5 Å². The van der Waals surface area contributed by atoms with Gasteiger partial charge < -0.3 is 5.11 Å². The molecule has 0 aliphatic heterocycles. The smallest absolute Gasteiger partial charge is 0.216 e. The van der Waals surface area contributed by atoms with Crippen molar-refractivity contribution in [3.05, 3.63) is 53.6 Å². The maximum absolute atomic E-state index is 13.0. The first-order valence-electron chi connectivity index (χ1n) is 7.73. The van der Waals surface area contributed by atoms with Crippen molar-refractivity contribution in [2.75, 3.05) is 0 Å². The number of aliphatic hydroxyl groups is 1. The zero-order valence-electron chi connectivity index (χ0n) is 13.3. The number of nitrogens with one attached hydrogen (secondary N) is 1. The van der Waals surface area contributed by atoms with Crippen LogP contribution in [0.1, 0.15) is 30.0 Å². The van der Waals surface area contributed by atoms with E-state index in [-0.39, 0.29) is 17.8 Å². The first-order chi connectivity index (χ1) is 11.3. The van der Waals surface area contributed by atoms with Crippen LogP contribution in [0, 0.1) is 11.7 Å². The molecule has 130 valence electrons. The number of hydrogen-bond donors (Lipinski definition) is 2. The Morgan fingerprint density at radius 3 is 2.58 bits per heavy atom. The Hall–Kier alpha value is -1.77. The fourth-order valence-electron chi connectivity index (χ4n) is 2.97. The average molecular weight is 353 g/mol. The molecule has 0 radical (unpaired) electrons. The number of nitrogens with zero attached hydrogens (tertiary/aromatic N) is 2. The Morgan fingerprint density at radius 2 is 2.04 bits per heavy atom. The van der Waals surface area contributed by atoms with Crippen molar-refractivity contribution in [1.29, 1.82) is 0 Å². The molecule has 0 bridgehead atoms. The lowest BCUT2D eigenvalue weighted by atomic mass is 9.76. The van der Waals surface area contributed by atoms with Gasteiger partial charge in [-0.1, -0.05) is 12.1 Å². The highest BCUT2D eigenvalue weighted by molar-refractivity contribution is 7.88. The fraction of sp³-hybridized carbons (Fsp3) is 0.438. The third-order valence-electron chi connectivity index (χ3n) is 4.28. The zero-order chi connectivity index (χ0) is 17.3. The monoisotopic (exact) mass is 353 g/mol. The number of rotatable bonds is 6. The van der Waals surface area contributed by atoms with E-state index >= 15 is 0 Å². The van der Waals surface area contributed by atoms with E-state index in [1.807, 2.05) is 0 Å². The molecule has 0 unspecified atom stereocenters. The summed E-state index contributed by atoms with van der Waals surface area (Å²) in [6.45, 7) is 0. The molecule has 2 aromatic rings. The normalized spacial score (nSPS) is 22.1. The molecule has 1 aliphatic rings. The highest BCUT2D eigenvalue weighted by Crippen LogP contribution is 2.38. The third kappa shape index (κ3) is 4.00. The minimum Gasteiger partial charge on any atom is -0.393 e. The lowest BCUT2D eigenvalue weighted by Crippen LogP contribution is -2.41. The Labute approximate surface area is 140 Å². The summed E-state index contributed by atoms with van der Waals surface area (Å²) < 4.78 is 42.3. The number of aliphatic hydroxyl groups excluding tert-OH is 1. The van der Waals surface area contributed by atoms with Crippen LogP contribution in [0.2, 0.25) is 0 Å². The maximum Gasteiger partial charge on any atom is 0.216 e. The number of aryl methyl sites for hydroxylation is 1. The minimum atomic E-state index is -3.62. The molecule has 8 heteroatoms. The number of hydrogen-bond acceptors (Lipinski definition) is 4. The molecule has 1 heterocycles. The summed E-state index contributed by atoms with van der Waals surface area (Å²) in [5, 5.41) is 13.6. The van der Waals surface area contributed by atoms with E-state index in [4.69, 9.17) is 0 Å². The summed E-state index contributed by atoms with van der Waals surface area (Å²) >= 11 is 0. The summed E-state index contributed by atoms with van der Waals surface area (Å²) in [5.74, 6) is -0.591. The van der Waals surface area contributed by atoms with Crippen LogP contribution in [0.4, 0.5) is 4.39 Å². The summed E-state index contributed by atoms with van der Waals surface area (Å²) in [4.78, 5) is 0. The number of halogens is 1. The van der Waals surface area contributed by atoms with Gasteiger partial charge in [0.1, 0.15) is 5.82 Å². The predicted octanol–water partition coefficient (Wildman–Crippen LogP) is 1.49. The van der Waals surface area contributed by atoms with Gasteiger partial charge >= 0.3 is 0 Å². The molecular formula is C16H20FN3O3S. The van der Waals surface area contributed by atoms with Crippen molar-refractivity contribution >= 4 is 10.0 Å². The maximum atomic E-state index is 13.0. The predicted molar refractivity (Wildman–Crippen MR) is 86.8 cm³/mol. The van der Waals surface area contributed by atoms with Crippen LogP contribution in [-0.2, 0) is 22.8 Å². The topological polar surface area (TPSA) is 84.2 Å². The first kappa shape index (κ1) is 17.1. The molecule has 0 spiro atoms. The van der Waals surface area contributed by atoms with Gasteiger partial charge in [0, 0.05) is 18.8 Å². The van der Waals surface area contributed by atoms with Crippen molar-refractivity contribution in [3.8, 4) is 0 Å². The quantitative estimate of drug-likeness (QED) is 0.824. The summed E-state index contributed by atoms with van der Waals surface area (Å²) in [6, 6.07) is 4.98. The fourth-order valence-corrected chi connectivity index (χ4v) is 4.40. The lowest BCUT2D eigenvalue weighted by Gasteiger charge is -2.37. The molecule has 1 aromatic carbocycles. The molecule has 24 heavy (non-hydrogen) atoms. The zero-order valence-corrected chi connectivity index (χ0v) is 14.1. The SMILES string of the molecule is Cn1cc([C@@H](NS(=O)(=O)Cc2ccc(F)cc2)C2CC(O)C2)cn1. The first-order valence-corrected chi connectivity index (χ1v) is 9.39. The van der Waals surface area contributed by atoms with E-state index in [2.05, 4.69) is 9.82 Å². The van der Waals surface area contributed by atoms with E-state index in [0.29, 0.717) is 18.4 Å². The second-order valence-electron chi connectivity index (χ2n) is 6.31. The second kappa shape index (κ2) is 6.62. The molecule has 0 amide bonds. The summed E-state index contributed by atoms with van der Waals surface area (Å²) in [5.41, 5.74) is 1.29. The molecule has 1 atom stereocenters. The van der Waals surface area contributed by atoms with Gasteiger partial charge in [-0.2, -0.15) is 5.10 Å². The Kier molecular flexibility index (Phi) is 4.71. The van der Waals surface area contributed by atoms with Gasteiger partial charge in [-0.15, -0.1) is 0 Å². The van der Waals surface area contributed by atoms with Gasteiger partial charge in [0.05, 0.1) is 24.1 Å². The minimum absolute atomic E-state index is 0.0344. The molecule has 1 aliphatic carbocycles. The molecule has 3 rings (SSSR count). The standard InChI is InChI=1S/C16H20FN3O3S/c1-20-9-13(8-18-20)16(12-6-15(21)7-12)19-24(22,23)10-11-2-4-14(17)5-3-11/h2-5,8-9,12,15-16,19,21H,6-7,10H2,1H3/t12?,15?,16-/m0/s1. The van der Waals surface area contributed by atoms with Crippen LogP contribution >= 0.6 is 0 Å². The van der Waals surface area contributed by atoms with Gasteiger partial charge in [0.15, 0.2) is 0 Å². The average Bonchev–Trinajstić information content (AvgIpc) is 2.90. The van der Waals surface area contributed by atoms with Crippen molar-refractivity contribution in [3.63, 3.8) is 0 Å². The third-order valence-corrected chi connectivity index (χ3v) is 5.61. The summed E-state index contributed by atoms with van der Waals surface area (Å²) in [6.07, 6.45) is 4.14. The van der Waals surface area contributed by atoms with Crippen LogP contribution in [-0.4, -0.2) is 29.4 Å². The van der Waals surface area contributed by atoms with Gasteiger partial charge in [-0.3, -0.25) is 4.68 Å². The van der Waals surface area contributed by atoms with Gasteiger partial charge in [0.2, 0.25) is 10.0 Å². The van der Waals surface area contributed by atoms with E-state index in [1.165, 1.54) is 24.3 Å². The van der Waals surface area contributed by atoms with E-state index < -0.39 is 21.9 Å². The molecule has 6 nitrogen and oxygen atoms in total. The van der Waals surface area contributed by atoms with Crippen molar-refractivity contribution in [2.45, 2.75) is 30.7 Å². The van der Waals surface area contributed by atoms with Gasteiger partial charge in [-0.25, -0.2) is 17.5 Å². The van der Waals surface area contributed by atoms with Crippen molar-refractivity contribution in [2.24, 2.45) is 13.0 Å². The van der Waals surface area contributed by atoms with E-state index in [9.17, 15) is 17.9 Å². The number of benzene rings is 1. The second-order valence-corrected chi connectivity index (χ2v) is 8.07. The number of aromatic nitrogens is 2. The highest BCUT2D eigenvalue weighted by atomic mass is 32.2. The lowest BCUT2D eigenvalue weighted by molar-refractivity contribution is 0.0280. The largest absolute Gasteiger partial charge is 0.393 e.